The van der Waals surface area contributed by atoms with Crippen molar-refractivity contribution in [1.82, 2.24) is 19.8 Å². The van der Waals surface area contributed by atoms with Gasteiger partial charge in [-0.1, -0.05) is 29.8 Å². The molecule has 0 unspecified atom stereocenters. The molecule has 1 N–H and O–H groups in total. The Bertz CT molecular complexity index is 1080. The Morgan fingerprint density at radius 3 is 2.60 bits per heavy atom. The predicted octanol–water partition coefficient (Wildman–Crippen LogP) is 3.25. The highest BCUT2D eigenvalue weighted by atomic mass is 16.2. The van der Waals surface area contributed by atoms with E-state index in [0.717, 1.165) is 53.9 Å². The number of likely N-dealkylation sites (tertiary alicyclic amines) is 1. The maximum absolute atomic E-state index is 12.7. The molecule has 4 rings (SSSR count). The molecule has 0 spiro atoms. The molecule has 0 aliphatic carbocycles. The number of fused-ring (bicyclic) bond motifs is 1. The number of para-hydroxylation sites is 2. The van der Waals surface area contributed by atoms with E-state index in [1.165, 1.54) is 0 Å². The molecule has 2 aromatic carbocycles. The first kappa shape index (κ1) is 20.1. The molecule has 0 atom stereocenters. The van der Waals surface area contributed by atoms with E-state index in [1.807, 2.05) is 65.8 Å². The van der Waals surface area contributed by atoms with Crippen LogP contribution >= 0.6 is 0 Å². The SMILES string of the molecule is Cc1ccc(C(=O)NCCc2nc3ccccc3n2CC(=O)N2CCCC2)c(C)c1. The molecule has 1 aliphatic rings. The highest BCUT2D eigenvalue weighted by Crippen LogP contribution is 2.18. The second kappa shape index (κ2) is 8.69. The largest absolute Gasteiger partial charge is 0.352 e. The zero-order chi connectivity index (χ0) is 21.1. The molecule has 2 heterocycles. The Kier molecular flexibility index (Phi) is 5.84. The molecule has 1 saturated heterocycles. The van der Waals surface area contributed by atoms with Crippen LogP contribution in [0.1, 0.15) is 40.2 Å². The van der Waals surface area contributed by atoms with Crippen molar-refractivity contribution in [3.05, 3.63) is 65.0 Å². The van der Waals surface area contributed by atoms with Crippen molar-refractivity contribution in [2.24, 2.45) is 0 Å². The lowest BCUT2D eigenvalue weighted by atomic mass is 10.1. The number of carbonyl (C=O) groups excluding carboxylic acids is 2. The van der Waals surface area contributed by atoms with Crippen molar-refractivity contribution < 1.29 is 9.59 Å². The minimum Gasteiger partial charge on any atom is -0.352 e. The Labute approximate surface area is 176 Å². The lowest BCUT2D eigenvalue weighted by Gasteiger charge is -2.17. The van der Waals surface area contributed by atoms with E-state index in [2.05, 4.69) is 5.32 Å². The van der Waals surface area contributed by atoms with Gasteiger partial charge in [-0.2, -0.15) is 0 Å². The number of amides is 2. The zero-order valence-electron chi connectivity index (χ0n) is 17.6. The summed E-state index contributed by atoms with van der Waals surface area (Å²) in [5, 5.41) is 3.00. The van der Waals surface area contributed by atoms with Crippen LogP contribution in [-0.2, 0) is 17.8 Å². The molecule has 156 valence electrons. The van der Waals surface area contributed by atoms with Gasteiger partial charge in [0.2, 0.25) is 5.91 Å². The molecular formula is C24H28N4O2. The molecule has 0 bridgehead atoms. The number of hydrogen-bond donors (Lipinski definition) is 1. The number of benzene rings is 2. The highest BCUT2D eigenvalue weighted by Gasteiger charge is 2.21. The number of nitrogens with zero attached hydrogens (tertiary/aromatic N) is 3. The second-order valence-corrected chi connectivity index (χ2v) is 8.02. The van der Waals surface area contributed by atoms with Crippen LogP contribution in [0.5, 0.6) is 0 Å². The van der Waals surface area contributed by atoms with Crippen molar-refractivity contribution in [2.45, 2.75) is 39.7 Å². The van der Waals surface area contributed by atoms with Gasteiger partial charge >= 0.3 is 0 Å². The first-order valence-corrected chi connectivity index (χ1v) is 10.6. The van der Waals surface area contributed by atoms with Crippen molar-refractivity contribution in [2.75, 3.05) is 19.6 Å². The third kappa shape index (κ3) is 4.22. The fourth-order valence-corrected chi connectivity index (χ4v) is 4.15. The van der Waals surface area contributed by atoms with Crippen LogP contribution in [0, 0.1) is 13.8 Å². The summed E-state index contributed by atoms with van der Waals surface area (Å²) in [5.41, 5.74) is 4.64. The summed E-state index contributed by atoms with van der Waals surface area (Å²) >= 11 is 0. The number of aromatic nitrogens is 2. The van der Waals surface area contributed by atoms with E-state index in [9.17, 15) is 9.59 Å². The fourth-order valence-electron chi connectivity index (χ4n) is 4.15. The van der Waals surface area contributed by atoms with E-state index in [0.29, 0.717) is 25.1 Å². The first-order valence-electron chi connectivity index (χ1n) is 10.6. The molecule has 2 amide bonds. The molecule has 6 nitrogen and oxygen atoms in total. The van der Waals surface area contributed by atoms with Crippen molar-refractivity contribution >= 4 is 22.8 Å². The van der Waals surface area contributed by atoms with Crippen LogP contribution in [0.25, 0.3) is 11.0 Å². The van der Waals surface area contributed by atoms with E-state index in [1.54, 1.807) is 0 Å². The highest BCUT2D eigenvalue weighted by molar-refractivity contribution is 5.95. The summed E-state index contributed by atoms with van der Waals surface area (Å²) in [6, 6.07) is 13.7. The number of nitrogens with one attached hydrogen (secondary N) is 1. The lowest BCUT2D eigenvalue weighted by Crippen LogP contribution is -2.32. The number of aryl methyl sites for hydroxylation is 2. The Hall–Kier alpha value is -3.15. The van der Waals surface area contributed by atoms with Gasteiger partial charge in [0.25, 0.3) is 5.91 Å². The van der Waals surface area contributed by atoms with Crippen molar-refractivity contribution in [1.29, 1.82) is 0 Å². The average molecular weight is 405 g/mol. The fraction of sp³-hybridized carbons (Fsp3) is 0.375. The summed E-state index contributed by atoms with van der Waals surface area (Å²) < 4.78 is 2.00. The van der Waals surface area contributed by atoms with E-state index >= 15 is 0 Å². The summed E-state index contributed by atoms with van der Waals surface area (Å²) in [5.74, 6) is 0.879. The average Bonchev–Trinajstić information content (AvgIpc) is 3.37. The molecular weight excluding hydrogens is 376 g/mol. The summed E-state index contributed by atoms with van der Waals surface area (Å²) in [6.45, 7) is 6.40. The van der Waals surface area contributed by atoms with Gasteiger partial charge < -0.3 is 14.8 Å². The second-order valence-electron chi connectivity index (χ2n) is 8.02. The Morgan fingerprint density at radius 2 is 1.83 bits per heavy atom. The molecule has 6 heteroatoms. The number of imidazole rings is 1. The zero-order valence-corrected chi connectivity index (χ0v) is 17.6. The minimum absolute atomic E-state index is 0.0803. The molecule has 1 fully saturated rings. The molecule has 1 aliphatic heterocycles. The van der Waals surface area contributed by atoms with Gasteiger partial charge in [-0.3, -0.25) is 9.59 Å². The predicted molar refractivity (Wildman–Crippen MR) is 118 cm³/mol. The molecule has 1 aromatic heterocycles. The monoisotopic (exact) mass is 404 g/mol. The van der Waals surface area contributed by atoms with Gasteiger partial charge in [0.1, 0.15) is 12.4 Å². The van der Waals surface area contributed by atoms with Gasteiger partial charge in [-0.05, 0) is 50.5 Å². The van der Waals surface area contributed by atoms with Crippen molar-refractivity contribution in [3.8, 4) is 0 Å². The van der Waals surface area contributed by atoms with Gasteiger partial charge in [0, 0.05) is 31.6 Å². The number of hydrogen-bond acceptors (Lipinski definition) is 3. The van der Waals surface area contributed by atoms with Crippen LogP contribution < -0.4 is 5.32 Å². The quantitative estimate of drug-likeness (QED) is 0.686. The van der Waals surface area contributed by atoms with Crippen LogP contribution in [0.2, 0.25) is 0 Å². The van der Waals surface area contributed by atoms with Crippen LogP contribution in [0.3, 0.4) is 0 Å². The molecule has 3 aromatic rings. The number of carbonyl (C=O) groups is 2. The van der Waals surface area contributed by atoms with E-state index < -0.39 is 0 Å². The van der Waals surface area contributed by atoms with Gasteiger partial charge in [0.15, 0.2) is 0 Å². The maximum atomic E-state index is 12.7. The summed E-state index contributed by atoms with van der Waals surface area (Å²) in [4.78, 5) is 32.0. The van der Waals surface area contributed by atoms with Crippen LogP contribution in [0.4, 0.5) is 0 Å². The topological polar surface area (TPSA) is 67.2 Å². The minimum atomic E-state index is -0.0803. The smallest absolute Gasteiger partial charge is 0.251 e. The Balaban J connectivity index is 1.48. The standard InChI is InChI=1S/C24H28N4O2/c1-17-9-10-19(18(2)15-17)24(30)25-12-11-22-26-20-7-3-4-8-21(20)28(22)16-23(29)27-13-5-6-14-27/h3-4,7-10,15H,5-6,11-14,16H2,1-2H3,(H,25,30). The molecule has 30 heavy (non-hydrogen) atoms. The first-order chi connectivity index (χ1) is 14.5. The van der Waals surface area contributed by atoms with Crippen LogP contribution in [-0.4, -0.2) is 45.9 Å². The summed E-state index contributed by atoms with van der Waals surface area (Å²) in [7, 11) is 0. The third-order valence-corrected chi connectivity index (χ3v) is 5.75. The van der Waals surface area contributed by atoms with Gasteiger partial charge in [-0.25, -0.2) is 4.98 Å². The normalized spacial score (nSPS) is 13.7. The molecule has 0 radical (unpaired) electrons. The Morgan fingerprint density at radius 1 is 1.07 bits per heavy atom. The van der Waals surface area contributed by atoms with Gasteiger partial charge in [0.05, 0.1) is 11.0 Å². The number of rotatable bonds is 6. The third-order valence-electron chi connectivity index (χ3n) is 5.75. The van der Waals surface area contributed by atoms with Gasteiger partial charge in [-0.15, -0.1) is 0 Å². The maximum Gasteiger partial charge on any atom is 0.251 e. The van der Waals surface area contributed by atoms with E-state index in [4.69, 9.17) is 4.98 Å². The van der Waals surface area contributed by atoms with Crippen LogP contribution in [0.15, 0.2) is 42.5 Å². The lowest BCUT2D eigenvalue weighted by molar-refractivity contribution is -0.130. The van der Waals surface area contributed by atoms with Crippen molar-refractivity contribution in [3.63, 3.8) is 0 Å². The summed E-state index contributed by atoms with van der Waals surface area (Å²) in [6.07, 6.45) is 2.72. The van der Waals surface area contributed by atoms with E-state index in [-0.39, 0.29) is 11.8 Å². The molecule has 0 saturated carbocycles.